The highest BCUT2D eigenvalue weighted by Gasteiger charge is 2.14. The maximum absolute atomic E-state index is 5.56. The Hall–Kier alpha value is -1.17. The number of ether oxygens (including phenoxy) is 2. The van der Waals surface area contributed by atoms with Crippen LogP contribution < -0.4 is 5.32 Å². The van der Waals surface area contributed by atoms with E-state index < -0.39 is 0 Å². The van der Waals surface area contributed by atoms with Crippen LogP contribution in [0, 0.1) is 0 Å². The maximum atomic E-state index is 5.56. The van der Waals surface area contributed by atoms with Crippen molar-refractivity contribution in [2.75, 3.05) is 31.7 Å². The summed E-state index contributed by atoms with van der Waals surface area (Å²) >= 11 is 1.67. The number of benzene rings is 1. The first-order valence-electron chi connectivity index (χ1n) is 5.70. The van der Waals surface area contributed by atoms with Crippen molar-refractivity contribution < 1.29 is 9.47 Å². The van der Waals surface area contributed by atoms with Crippen molar-refractivity contribution in [3.05, 3.63) is 24.3 Å². The lowest BCUT2D eigenvalue weighted by atomic mass is 10.3. The van der Waals surface area contributed by atoms with E-state index in [1.165, 1.54) is 4.70 Å². The predicted molar refractivity (Wildman–Crippen MR) is 68.7 cm³/mol. The third-order valence-corrected chi connectivity index (χ3v) is 3.65. The fourth-order valence-electron chi connectivity index (χ4n) is 1.80. The molecular formula is C12H14N2O2S. The van der Waals surface area contributed by atoms with Gasteiger partial charge in [0.05, 0.1) is 36.1 Å². The number of nitrogens with zero attached hydrogens (tertiary/aromatic N) is 1. The van der Waals surface area contributed by atoms with E-state index in [4.69, 9.17) is 9.47 Å². The van der Waals surface area contributed by atoms with Crippen molar-refractivity contribution in [3.63, 3.8) is 0 Å². The summed E-state index contributed by atoms with van der Waals surface area (Å²) in [7, 11) is 0. The van der Waals surface area contributed by atoms with E-state index in [9.17, 15) is 0 Å². The molecule has 0 radical (unpaired) electrons. The maximum Gasteiger partial charge on any atom is 0.183 e. The fraction of sp³-hybridized carbons (Fsp3) is 0.417. The Balaban J connectivity index is 1.64. The zero-order chi connectivity index (χ0) is 11.5. The number of para-hydroxylation sites is 1. The monoisotopic (exact) mass is 250 g/mol. The largest absolute Gasteiger partial charge is 0.376 e. The minimum Gasteiger partial charge on any atom is -0.376 e. The van der Waals surface area contributed by atoms with Gasteiger partial charge in [-0.05, 0) is 12.1 Å². The molecule has 1 unspecified atom stereocenters. The van der Waals surface area contributed by atoms with Crippen molar-refractivity contribution in [2.24, 2.45) is 0 Å². The van der Waals surface area contributed by atoms with Gasteiger partial charge in [0, 0.05) is 6.54 Å². The summed E-state index contributed by atoms with van der Waals surface area (Å²) in [5.41, 5.74) is 1.04. The number of nitrogens with one attached hydrogen (secondary N) is 1. The number of aromatic nitrogens is 1. The Morgan fingerprint density at radius 1 is 1.35 bits per heavy atom. The van der Waals surface area contributed by atoms with E-state index in [2.05, 4.69) is 16.4 Å². The standard InChI is InChI=1S/C12H14N2O2S/c1-2-4-11-10(3-1)14-12(17-11)13-7-9-8-15-5-6-16-9/h1-4,9H,5-8H2,(H,13,14). The average molecular weight is 250 g/mol. The molecule has 90 valence electrons. The Kier molecular flexibility index (Phi) is 3.22. The van der Waals surface area contributed by atoms with Crippen LogP contribution in [0.1, 0.15) is 0 Å². The molecule has 5 heteroatoms. The number of hydrogen-bond acceptors (Lipinski definition) is 5. The number of fused-ring (bicyclic) bond motifs is 1. The van der Waals surface area contributed by atoms with Crippen LogP contribution in [0.2, 0.25) is 0 Å². The second-order valence-electron chi connectivity index (χ2n) is 3.94. The van der Waals surface area contributed by atoms with Crippen LogP contribution in [0.15, 0.2) is 24.3 Å². The molecule has 3 rings (SSSR count). The van der Waals surface area contributed by atoms with E-state index in [0.717, 1.165) is 17.2 Å². The number of thiazole rings is 1. The minimum absolute atomic E-state index is 0.135. The Labute approximate surface area is 104 Å². The number of anilines is 1. The lowest BCUT2D eigenvalue weighted by Crippen LogP contribution is -2.34. The highest BCUT2D eigenvalue weighted by Crippen LogP contribution is 2.25. The Morgan fingerprint density at radius 3 is 3.12 bits per heavy atom. The summed E-state index contributed by atoms with van der Waals surface area (Å²) in [5.74, 6) is 0. The van der Waals surface area contributed by atoms with Gasteiger partial charge in [-0.2, -0.15) is 0 Å². The van der Waals surface area contributed by atoms with Crippen LogP contribution in [0.5, 0.6) is 0 Å². The topological polar surface area (TPSA) is 43.4 Å². The molecule has 1 N–H and O–H groups in total. The molecule has 1 aliphatic rings. The molecular weight excluding hydrogens is 236 g/mol. The van der Waals surface area contributed by atoms with Gasteiger partial charge in [-0.25, -0.2) is 4.98 Å². The second-order valence-corrected chi connectivity index (χ2v) is 4.97. The smallest absolute Gasteiger partial charge is 0.183 e. The van der Waals surface area contributed by atoms with Gasteiger partial charge in [-0.15, -0.1) is 0 Å². The van der Waals surface area contributed by atoms with Crippen molar-refractivity contribution in [2.45, 2.75) is 6.10 Å². The van der Waals surface area contributed by atoms with Crippen LogP contribution in [0.4, 0.5) is 5.13 Å². The van der Waals surface area contributed by atoms with Gasteiger partial charge >= 0.3 is 0 Å². The van der Waals surface area contributed by atoms with Crippen molar-refractivity contribution in [1.29, 1.82) is 0 Å². The van der Waals surface area contributed by atoms with E-state index in [1.807, 2.05) is 18.2 Å². The normalized spacial score (nSPS) is 20.6. The highest BCUT2D eigenvalue weighted by molar-refractivity contribution is 7.22. The molecule has 0 saturated carbocycles. The molecule has 1 atom stereocenters. The molecule has 0 aliphatic carbocycles. The van der Waals surface area contributed by atoms with E-state index in [-0.39, 0.29) is 6.10 Å². The fourth-order valence-corrected chi connectivity index (χ4v) is 2.68. The Morgan fingerprint density at radius 2 is 2.29 bits per heavy atom. The zero-order valence-electron chi connectivity index (χ0n) is 9.39. The predicted octanol–water partition coefficient (Wildman–Crippen LogP) is 2.12. The van der Waals surface area contributed by atoms with Crippen LogP contribution in [-0.4, -0.2) is 37.5 Å². The SMILES string of the molecule is c1ccc2sc(NCC3COCCO3)nc2c1. The first-order valence-corrected chi connectivity index (χ1v) is 6.52. The minimum atomic E-state index is 0.135. The van der Waals surface area contributed by atoms with E-state index >= 15 is 0 Å². The molecule has 17 heavy (non-hydrogen) atoms. The van der Waals surface area contributed by atoms with Crippen LogP contribution in [0.25, 0.3) is 10.2 Å². The molecule has 1 saturated heterocycles. The molecule has 0 amide bonds. The van der Waals surface area contributed by atoms with Crippen molar-refractivity contribution >= 4 is 26.7 Å². The molecule has 0 spiro atoms. The van der Waals surface area contributed by atoms with Crippen LogP contribution in [0.3, 0.4) is 0 Å². The molecule has 1 fully saturated rings. The Bertz CT molecular complexity index is 461. The highest BCUT2D eigenvalue weighted by atomic mass is 32.1. The van der Waals surface area contributed by atoms with Crippen LogP contribution >= 0.6 is 11.3 Å². The summed E-state index contributed by atoms with van der Waals surface area (Å²) in [4.78, 5) is 4.51. The molecule has 1 aromatic heterocycles. The van der Waals surface area contributed by atoms with Crippen molar-refractivity contribution in [3.8, 4) is 0 Å². The molecule has 1 aliphatic heterocycles. The molecule has 2 heterocycles. The van der Waals surface area contributed by atoms with Gasteiger partial charge in [0.1, 0.15) is 0 Å². The molecule has 2 aromatic rings. The summed E-state index contributed by atoms with van der Waals surface area (Å²) in [6, 6.07) is 8.14. The van der Waals surface area contributed by atoms with Crippen molar-refractivity contribution in [1.82, 2.24) is 4.98 Å². The number of rotatable bonds is 3. The third-order valence-electron chi connectivity index (χ3n) is 2.66. The van der Waals surface area contributed by atoms with Gasteiger partial charge in [0.2, 0.25) is 0 Å². The van der Waals surface area contributed by atoms with Gasteiger partial charge < -0.3 is 14.8 Å². The van der Waals surface area contributed by atoms with E-state index in [0.29, 0.717) is 19.8 Å². The molecule has 4 nitrogen and oxygen atoms in total. The summed E-state index contributed by atoms with van der Waals surface area (Å²) in [5, 5.41) is 4.25. The van der Waals surface area contributed by atoms with Gasteiger partial charge in [-0.1, -0.05) is 23.5 Å². The van der Waals surface area contributed by atoms with Crippen LogP contribution in [-0.2, 0) is 9.47 Å². The average Bonchev–Trinajstić information content (AvgIpc) is 2.80. The second kappa shape index (κ2) is 5.00. The molecule has 0 bridgehead atoms. The first kappa shape index (κ1) is 11.0. The van der Waals surface area contributed by atoms with E-state index in [1.54, 1.807) is 11.3 Å². The zero-order valence-corrected chi connectivity index (χ0v) is 10.2. The summed E-state index contributed by atoms with van der Waals surface area (Å²) in [6.07, 6.45) is 0.135. The molecule has 1 aromatic carbocycles. The third kappa shape index (κ3) is 2.57. The van der Waals surface area contributed by atoms with Gasteiger partial charge in [0.25, 0.3) is 0 Å². The number of hydrogen-bond donors (Lipinski definition) is 1. The lowest BCUT2D eigenvalue weighted by Gasteiger charge is -2.22. The first-order chi connectivity index (χ1) is 8.42. The quantitative estimate of drug-likeness (QED) is 0.906. The van der Waals surface area contributed by atoms with Gasteiger partial charge in [0.15, 0.2) is 5.13 Å². The lowest BCUT2D eigenvalue weighted by molar-refractivity contribution is -0.0818. The van der Waals surface area contributed by atoms with Gasteiger partial charge in [-0.3, -0.25) is 0 Å². The summed E-state index contributed by atoms with van der Waals surface area (Å²) < 4.78 is 12.1. The summed E-state index contributed by atoms with van der Waals surface area (Å²) in [6.45, 7) is 2.81.